The molecule has 3 amide bonds. The predicted octanol–water partition coefficient (Wildman–Crippen LogP) is 7.79. The molecule has 0 fully saturated rings. The van der Waals surface area contributed by atoms with Gasteiger partial charge in [-0.25, -0.2) is 4.79 Å². The van der Waals surface area contributed by atoms with Gasteiger partial charge in [0, 0.05) is 18.2 Å². The summed E-state index contributed by atoms with van der Waals surface area (Å²) in [5, 5.41) is 15.8. The highest BCUT2D eigenvalue weighted by atomic mass is 16.6. The number of carbonyl (C=O) groups excluding carboxylic acids is 3. The van der Waals surface area contributed by atoms with Crippen LogP contribution in [-0.4, -0.2) is 45.6 Å². The average molecular weight is 630 g/mol. The van der Waals surface area contributed by atoms with Gasteiger partial charge < -0.3 is 25.4 Å². The summed E-state index contributed by atoms with van der Waals surface area (Å²) in [6.45, 7) is 17.3. The minimum Gasteiger partial charge on any atom is -0.508 e. The third-order valence-corrected chi connectivity index (χ3v) is 8.00. The van der Waals surface area contributed by atoms with Gasteiger partial charge in [-0.05, 0) is 107 Å². The number of nitrogens with one attached hydrogen (secondary N) is 2. The van der Waals surface area contributed by atoms with Crippen LogP contribution in [0, 0.1) is 26.7 Å². The van der Waals surface area contributed by atoms with E-state index in [0.29, 0.717) is 23.6 Å². The summed E-state index contributed by atoms with van der Waals surface area (Å²) in [6.07, 6.45) is 0.893. The van der Waals surface area contributed by atoms with Gasteiger partial charge in [-0.1, -0.05) is 68.4 Å². The highest BCUT2D eigenvalue weighted by Gasteiger charge is 2.39. The van der Waals surface area contributed by atoms with E-state index in [1.807, 2.05) is 70.2 Å². The van der Waals surface area contributed by atoms with E-state index >= 15 is 0 Å². The van der Waals surface area contributed by atoms with E-state index in [1.165, 1.54) is 0 Å². The van der Waals surface area contributed by atoms with Crippen LogP contribution in [0.1, 0.15) is 88.2 Å². The summed E-state index contributed by atoms with van der Waals surface area (Å²) in [7, 11) is 0. The third kappa shape index (κ3) is 10.1. The molecule has 8 nitrogen and oxygen atoms in total. The number of hydrogen-bond donors (Lipinski definition) is 3. The van der Waals surface area contributed by atoms with Crippen molar-refractivity contribution in [1.29, 1.82) is 0 Å². The molecular weight excluding hydrogens is 578 g/mol. The van der Waals surface area contributed by atoms with Crippen molar-refractivity contribution in [3.05, 3.63) is 94.5 Å². The molecule has 0 saturated carbocycles. The number of aromatic hydroxyl groups is 1. The van der Waals surface area contributed by atoms with Gasteiger partial charge >= 0.3 is 6.09 Å². The molecule has 8 heteroatoms. The minimum absolute atomic E-state index is 0.0958. The summed E-state index contributed by atoms with van der Waals surface area (Å²) in [5.74, 6) is -0.261. The first-order valence-electron chi connectivity index (χ1n) is 16.1. The molecule has 0 aliphatic heterocycles. The van der Waals surface area contributed by atoms with Crippen molar-refractivity contribution >= 4 is 23.6 Å². The zero-order valence-electron chi connectivity index (χ0n) is 28.8. The van der Waals surface area contributed by atoms with E-state index in [4.69, 9.17) is 4.74 Å². The second kappa shape index (κ2) is 15.8. The maximum Gasteiger partial charge on any atom is 0.408 e. The van der Waals surface area contributed by atoms with E-state index in [1.54, 1.807) is 49.9 Å². The SMILES string of the molecule is Cc1ccccc1C(C(=O)Nc1c(C)cccc1C)N(C(=O)C(Cc1ccc(O)cc1)NC(=O)OC(C)(C)C)C(C)CCC(C)C. The Morgan fingerprint density at radius 2 is 1.41 bits per heavy atom. The molecule has 0 aliphatic carbocycles. The molecule has 3 N–H and O–H groups in total. The Labute approximate surface area is 274 Å². The van der Waals surface area contributed by atoms with Crippen molar-refractivity contribution in [3.63, 3.8) is 0 Å². The lowest BCUT2D eigenvalue weighted by Gasteiger charge is -2.39. The minimum atomic E-state index is -1.06. The number of carbonyl (C=O) groups is 3. The van der Waals surface area contributed by atoms with Crippen LogP contribution in [0.5, 0.6) is 5.75 Å². The number of phenolic OH excluding ortho intramolecular Hbond substituents is 1. The number of hydrogen-bond acceptors (Lipinski definition) is 5. The zero-order chi connectivity index (χ0) is 34.2. The Morgan fingerprint density at radius 1 is 0.826 bits per heavy atom. The van der Waals surface area contributed by atoms with Crippen LogP contribution in [0.15, 0.2) is 66.7 Å². The van der Waals surface area contributed by atoms with E-state index in [9.17, 15) is 19.5 Å². The molecule has 0 aromatic heterocycles. The number of amides is 3. The Morgan fingerprint density at radius 3 is 1.98 bits per heavy atom. The quantitative estimate of drug-likeness (QED) is 0.190. The number of ether oxygens (including phenoxy) is 1. The van der Waals surface area contributed by atoms with Crippen LogP contribution in [0.4, 0.5) is 10.5 Å². The first-order valence-corrected chi connectivity index (χ1v) is 16.1. The lowest BCUT2D eigenvalue weighted by Crippen LogP contribution is -2.55. The second-order valence-electron chi connectivity index (χ2n) is 13.7. The average Bonchev–Trinajstić information content (AvgIpc) is 2.96. The topological polar surface area (TPSA) is 108 Å². The van der Waals surface area contributed by atoms with Gasteiger partial charge in [-0.3, -0.25) is 9.59 Å². The van der Waals surface area contributed by atoms with Gasteiger partial charge in [-0.2, -0.15) is 0 Å². The van der Waals surface area contributed by atoms with Crippen LogP contribution in [0.2, 0.25) is 0 Å². The molecule has 3 aromatic carbocycles. The maximum atomic E-state index is 14.9. The number of alkyl carbamates (subject to hydrolysis) is 1. The van der Waals surface area contributed by atoms with Gasteiger partial charge in [-0.15, -0.1) is 0 Å². The molecule has 46 heavy (non-hydrogen) atoms. The summed E-state index contributed by atoms with van der Waals surface area (Å²) in [6, 6.07) is 17.5. The summed E-state index contributed by atoms with van der Waals surface area (Å²) in [4.78, 5) is 44.3. The lowest BCUT2D eigenvalue weighted by atomic mass is 9.93. The molecule has 3 unspecified atom stereocenters. The fourth-order valence-electron chi connectivity index (χ4n) is 5.52. The Bertz CT molecular complexity index is 1470. The lowest BCUT2D eigenvalue weighted by molar-refractivity contribution is -0.143. The Balaban J connectivity index is 2.18. The first kappa shape index (κ1) is 36.1. The molecule has 3 atom stereocenters. The van der Waals surface area contributed by atoms with E-state index in [2.05, 4.69) is 24.5 Å². The van der Waals surface area contributed by atoms with E-state index in [0.717, 1.165) is 28.7 Å². The van der Waals surface area contributed by atoms with Gasteiger partial charge in [0.2, 0.25) is 5.91 Å². The van der Waals surface area contributed by atoms with Crippen LogP contribution >= 0.6 is 0 Å². The summed E-state index contributed by atoms with van der Waals surface area (Å²) >= 11 is 0. The third-order valence-electron chi connectivity index (χ3n) is 8.00. The van der Waals surface area contributed by atoms with Crippen molar-refractivity contribution in [3.8, 4) is 5.75 Å². The highest BCUT2D eigenvalue weighted by molar-refractivity contribution is 6.00. The first-order chi connectivity index (χ1) is 21.6. The molecule has 3 rings (SSSR count). The maximum absolute atomic E-state index is 14.9. The molecule has 248 valence electrons. The fourth-order valence-corrected chi connectivity index (χ4v) is 5.52. The monoisotopic (exact) mass is 629 g/mol. The van der Waals surface area contributed by atoms with Crippen molar-refractivity contribution in [2.45, 2.75) is 105 Å². The molecule has 0 aliphatic rings. The van der Waals surface area contributed by atoms with Crippen molar-refractivity contribution in [2.75, 3.05) is 5.32 Å². The Hall–Kier alpha value is -4.33. The number of rotatable bonds is 12. The zero-order valence-corrected chi connectivity index (χ0v) is 28.8. The van der Waals surface area contributed by atoms with Gasteiger partial charge in [0.25, 0.3) is 5.91 Å². The Kier molecular flexibility index (Phi) is 12.4. The number of aryl methyl sites for hydroxylation is 3. The van der Waals surface area contributed by atoms with Crippen LogP contribution < -0.4 is 10.6 Å². The van der Waals surface area contributed by atoms with Crippen LogP contribution in [0.3, 0.4) is 0 Å². The molecule has 0 saturated heterocycles. The molecule has 0 heterocycles. The van der Waals surface area contributed by atoms with Crippen LogP contribution in [-0.2, 0) is 20.7 Å². The number of nitrogens with zero attached hydrogens (tertiary/aromatic N) is 1. The number of benzene rings is 3. The number of phenols is 1. The summed E-state index contributed by atoms with van der Waals surface area (Å²) in [5.41, 5.74) is 4.06. The van der Waals surface area contributed by atoms with Crippen molar-refractivity contribution < 1.29 is 24.2 Å². The van der Waals surface area contributed by atoms with E-state index < -0.39 is 29.7 Å². The summed E-state index contributed by atoms with van der Waals surface area (Å²) < 4.78 is 5.57. The van der Waals surface area contributed by atoms with Gasteiger partial charge in [0.1, 0.15) is 23.4 Å². The normalized spacial score (nSPS) is 13.4. The molecule has 3 aromatic rings. The standard InChI is InChI=1S/C38H51N3O5/c1-24(2)17-18-28(6)41(36(44)32(39-37(45)46-38(7,8)9)23-29-19-21-30(42)22-20-29)34(31-16-11-10-13-25(31)3)35(43)40-33-26(4)14-12-15-27(33)5/h10-16,19-22,24,28,32,34,42H,17-18,23H2,1-9H3,(H,39,45)(H,40,43). The molecule has 0 spiro atoms. The van der Waals surface area contributed by atoms with Gasteiger partial charge in [0.05, 0.1) is 0 Å². The van der Waals surface area contributed by atoms with Gasteiger partial charge in [0.15, 0.2) is 0 Å². The van der Waals surface area contributed by atoms with Crippen molar-refractivity contribution in [2.24, 2.45) is 5.92 Å². The fraction of sp³-hybridized carbons (Fsp3) is 0.447. The van der Waals surface area contributed by atoms with E-state index in [-0.39, 0.29) is 24.1 Å². The predicted molar refractivity (Wildman–Crippen MR) is 184 cm³/mol. The van der Waals surface area contributed by atoms with Crippen molar-refractivity contribution in [1.82, 2.24) is 10.2 Å². The molecule has 0 radical (unpaired) electrons. The highest BCUT2D eigenvalue weighted by Crippen LogP contribution is 2.32. The molecule has 0 bridgehead atoms. The van der Waals surface area contributed by atoms with Crippen LogP contribution in [0.25, 0.3) is 0 Å². The smallest absolute Gasteiger partial charge is 0.408 e. The second-order valence-corrected chi connectivity index (χ2v) is 13.7. The largest absolute Gasteiger partial charge is 0.508 e. The number of para-hydroxylation sites is 1. The number of anilines is 1. The molecular formula is C38H51N3O5.